The molecular formula is C35H52ClN5O4. The van der Waals surface area contributed by atoms with Gasteiger partial charge in [-0.25, -0.2) is 4.79 Å². The number of aromatic nitrogens is 2. The summed E-state index contributed by atoms with van der Waals surface area (Å²) in [5.74, 6) is 3.24. The van der Waals surface area contributed by atoms with Crippen molar-refractivity contribution in [3.63, 3.8) is 0 Å². The Kier molecular flexibility index (Phi) is 16.8. The van der Waals surface area contributed by atoms with Crippen LogP contribution in [0.1, 0.15) is 128 Å². The molecule has 9 nitrogen and oxygen atoms in total. The Hall–Kier alpha value is -3.30. The lowest BCUT2D eigenvalue weighted by molar-refractivity contribution is 0.121. The number of nitrogens with zero attached hydrogens (tertiary/aromatic N) is 3. The first kappa shape index (κ1) is 37.9. The number of nitroso groups, excluding NO2 is 1. The van der Waals surface area contributed by atoms with Crippen molar-refractivity contribution in [3.05, 3.63) is 75.1 Å². The quantitative estimate of drug-likeness (QED) is 0.257. The van der Waals surface area contributed by atoms with Crippen molar-refractivity contribution >= 4 is 17.7 Å². The van der Waals surface area contributed by atoms with Crippen molar-refractivity contribution in [3.8, 4) is 11.3 Å². The second kappa shape index (κ2) is 20.0. The minimum absolute atomic E-state index is 0. The van der Waals surface area contributed by atoms with Gasteiger partial charge in [-0.2, -0.15) is 4.91 Å². The molecule has 45 heavy (non-hydrogen) atoms. The summed E-state index contributed by atoms with van der Waals surface area (Å²) in [6.07, 6.45) is 13.5. The molecule has 2 unspecified atom stereocenters. The summed E-state index contributed by atoms with van der Waals surface area (Å²) in [6.45, 7) is 10.8. The fraction of sp³-hybridized carbons (Fsp3) is 0.571. The highest BCUT2D eigenvalue weighted by molar-refractivity contribution is 6.33. The maximum Gasteiger partial charge on any atom is 0.427 e. The maximum absolute atomic E-state index is 10.7. The summed E-state index contributed by atoms with van der Waals surface area (Å²) >= 11 is 6.14. The zero-order valence-corrected chi connectivity index (χ0v) is 27.5. The predicted octanol–water partition coefficient (Wildman–Crippen LogP) is 10.4. The van der Waals surface area contributed by atoms with Crippen LogP contribution in [0.3, 0.4) is 0 Å². The van der Waals surface area contributed by atoms with E-state index in [2.05, 4.69) is 44.8 Å². The number of benzene rings is 1. The maximum atomic E-state index is 10.7. The zero-order chi connectivity index (χ0) is 31.9. The molecule has 3 heterocycles. The highest BCUT2D eigenvalue weighted by Gasteiger charge is 2.33. The number of amides is 1. The summed E-state index contributed by atoms with van der Waals surface area (Å²) in [5.41, 5.74) is 6.56. The van der Waals surface area contributed by atoms with E-state index in [1.54, 1.807) is 12.3 Å². The van der Waals surface area contributed by atoms with Crippen LogP contribution in [0.25, 0.3) is 11.3 Å². The first-order chi connectivity index (χ1) is 21.4. The van der Waals surface area contributed by atoms with Crippen LogP contribution in [0.15, 0.2) is 52.3 Å². The Balaban J connectivity index is 0.000000234. The lowest BCUT2D eigenvalue weighted by Gasteiger charge is -2.22. The lowest BCUT2D eigenvalue weighted by atomic mass is 9.84. The molecule has 1 amide bonds. The molecule has 2 aromatic heterocycles. The van der Waals surface area contributed by atoms with E-state index in [4.69, 9.17) is 16.1 Å². The normalized spacial score (nSPS) is 20.5. The number of nitrogens with one attached hydrogen (secondary N) is 2. The van der Waals surface area contributed by atoms with Crippen molar-refractivity contribution in [1.29, 1.82) is 0 Å². The van der Waals surface area contributed by atoms with Gasteiger partial charge in [-0.3, -0.25) is 10.3 Å². The number of hydrogen-bond acceptors (Lipinski definition) is 8. The van der Waals surface area contributed by atoms with Crippen molar-refractivity contribution in [2.75, 3.05) is 0 Å². The van der Waals surface area contributed by atoms with Gasteiger partial charge < -0.3 is 9.36 Å². The minimum atomic E-state index is -0.467. The van der Waals surface area contributed by atoms with Crippen LogP contribution in [0, 0.1) is 23.7 Å². The molecule has 3 aliphatic rings. The summed E-state index contributed by atoms with van der Waals surface area (Å²) in [4.78, 5) is 29.9. The predicted molar refractivity (Wildman–Crippen MR) is 182 cm³/mol. The lowest BCUT2D eigenvalue weighted by Crippen LogP contribution is -2.22. The molecule has 1 saturated heterocycles. The van der Waals surface area contributed by atoms with Crippen molar-refractivity contribution in [2.24, 2.45) is 17.0 Å². The molecule has 0 radical (unpaired) electrons. The molecule has 2 saturated carbocycles. The van der Waals surface area contributed by atoms with E-state index in [-0.39, 0.29) is 20.1 Å². The molecule has 6 rings (SSSR count). The second-order valence-electron chi connectivity index (χ2n) is 11.5. The van der Waals surface area contributed by atoms with Gasteiger partial charge in [0.25, 0.3) is 0 Å². The molecule has 3 fully saturated rings. The first-order valence-corrected chi connectivity index (χ1v) is 16.4. The van der Waals surface area contributed by atoms with Gasteiger partial charge in [0.1, 0.15) is 24.2 Å². The summed E-state index contributed by atoms with van der Waals surface area (Å²) in [5, 5.41) is 10.2. The van der Waals surface area contributed by atoms with Gasteiger partial charge >= 0.3 is 6.09 Å². The zero-order valence-electron chi connectivity index (χ0n) is 26.8. The Morgan fingerprint density at radius 2 is 1.78 bits per heavy atom. The van der Waals surface area contributed by atoms with E-state index in [0.717, 1.165) is 52.8 Å². The van der Waals surface area contributed by atoms with Crippen LogP contribution in [0.5, 0.6) is 0 Å². The van der Waals surface area contributed by atoms with E-state index < -0.39 is 6.09 Å². The first-order valence-electron chi connectivity index (χ1n) is 16.1. The van der Waals surface area contributed by atoms with Crippen molar-refractivity contribution in [1.82, 2.24) is 20.9 Å². The molecule has 10 heteroatoms. The number of halogens is 1. The third-order valence-corrected chi connectivity index (χ3v) is 8.37. The van der Waals surface area contributed by atoms with Gasteiger partial charge in [0.2, 0.25) is 0 Å². The van der Waals surface area contributed by atoms with Gasteiger partial charge in [-0.15, -0.1) is 5.48 Å². The van der Waals surface area contributed by atoms with Crippen LogP contribution in [0.2, 0.25) is 5.02 Å². The molecule has 0 spiro atoms. The van der Waals surface area contributed by atoms with Gasteiger partial charge in [0, 0.05) is 34.5 Å². The number of carbonyl (C=O) groups is 1. The molecule has 248 valence electrons. The van der Waals surface area contributed by atoms with E-state index >= 15 is 0 Å². The average molecular weight is 642 g/mol. The molecule has 1 aliphatic heterocycles. The minimum Gasteiger partial charge on any atom is -0.360 e. The monoisotopic (exact) mass is 641 g/mol. The Bertz CT molecular complexity index is 1300. The third-order valence-electron chi connectivity index (χ3n) is 8.04. The fourth-order valence-electron chi connectivity index (χ4n) is 5.44. The molecule has 1 aromatic carbocycles. The molecule has 3 atom stereocenters. The van der Waals surface area contributed by atoms with Crippen LogP contribution in [0.4, 0.5) is 4.79 Å². The summed E-state index contributed by atoms with van der Waals surface area (Å²) in [7, 11) is 0. The second-order valence-corrected chi connectivity index (χ2v) is 11.9. The highest BCUT2D eigenvalue weighted by atomic mass is 35.5. The molecule has 0 bridgehead atoms. The van der Waals surface area contributed by atoms with Gasteiger partial charge in [0.05, 0.1) is 5.02 Å². The van der Waals surface area contributed by atoms with Crippen LogP contribution in [-0.2, 0) is 11.4 Å². The van der Waals surface area contributed by atoms with Gasteiger partial charge in [0.15, 0.2) is 0 Å². The SMILES string of the molecule is C.CC.CCC1CCCCC[C@H](C)C1.Cc1ccc(C2NOC(=O)N2)cn1.O=NCc1c(-c2ccccc2Cl)noc1C1CC1. The van der Waals surface area contributed by atoms with Crippen molar-refractivity contribution < 1.29 is 14.2 Å². The Morgan fingerprint density at radius 1 is 1.04 bits per heavy atom. The molecule has 2 N–H and O–H groups in total. The number of hydrogen-bond donors (Lipinski definition) is 2. The highest BCUT2D eigenvalue weighted by Crippen LogP contribution is 2.44. The number of aryl methyl sites for hydroxylation is 1. The van der Waals surface area contributed by atoms with Crippen LogP contribution >= 0.6 is 11.6 Å². The number of rotatable bonds is 6. The van der Waals surface area contributed by atoms with E-state index in [9.17, 15) is 9.70 Å². The largest absolute Gasteiger partial charge is 0.427 e. The molecule has 2 aliphatic carbocycles. The van der Waals surface area contributed by atoms with Crippen molar-refractivity contribution in [2.45, 2.75) is 118 Å². The molecular weight excluding hydrogens is 590 g/mol. The summed E-state index contributed by atoms with van der Waals surface area (Å²) in [6, 6.07) is 11.2. The molecule has 3 aromatic rings. The average Bonchev–Trinajstić information content (AvgIpc) is 3.65. The van der Waals surface area contributed by atoms with Crippen LogP contribution < -0.4 is 10.8 Å². The topological polar surface area (TPSA) is 119 Å². The number of carbonyl (C=O) groups excluding carboxylic acids is 1. The summed E-state index contributed by atoms with van der Waals surface area (Å²) < 4.78 is 5.37. The van der Waals surface area contributed by atoms with E-state index in [1.807, 2.05) is 51.1 Å². The standard InChI is InChI=1S/C13H11ClN2O2.C11H22.C8H9N3O2.C2H6.CH4/c14-11-4-2-1-3-9(11)12-10(7-15-17)13(18-16-12)8-5-6-8;1-3-11-8-6-4-5-7-10(2)9-11;1-5-2-3-6(4-9-5)7-10-8(12)13-11-7;1-2;/h1-4,8H,5-7H2;10-11H,3-9H2,1-2H3;2-4,7,11H,1H3,(H,10,12);1-2H3;1H4/t;10-,11?;;;/m.0.../s1. The van der Waals surface area contributed by atoms with Gasteiger partial charge in [-0.05, 0) is 50.2 Å². The van der Waals surface area contributed by atoms with Gasteiger partial charge in [-0.1, -0.05) is 120 Å². The van der Waals surface area contributed by atoms with E-state index in [1.165, 1.54) is 44.9 Å². The van der Waals surface area contributed by atoms with Crippen LogP contribution in [-0.4, -0.2) is 16.2 Å². The number of pyridine rings is 1. The fourth-order valence-corrected chi connectivity index (χ4v) is 5.66. The van der Waals surface area contributed by atoms with E-state index in [0.29, 0.717) is 16.6 Å². The Morgan fingerprint density at radius 3 is 2.38 bits per heavy atom. The smallest absolute Gasteiger partial charge is 0.360 e. The third kappa shape index (κ3) is 11.9. The number of hydroxylamine groups is 1. The Labute approximate surface area is 274 Å².